The van der Waals surface area contributed by atoms with E-state index in [0.29, 0.717) is 6.54 Å². The number of amides is 4. The molecule has 0 radical (unpaired) electrons. The van der Waals surface area contributed by atoms with Crippen molar-refractivity contribution in [2.75, 3.05) is 19.6 Å². The second-order valence-corrected chi connectivity index (χ2v) is 8.68. The fourth-order valence-electron chi connectivity index (χ4n) is 4.43. The smallest absolute Gasteiger partial charge is 0.325 e. The van der Waals surface area contributed by atoms with E-state index in [1.165, 1.54) is 24.8 Å². The van der Waals surface area contributed by atoms with Gasteiger partial charge in [-0.15, -0.1) is 0 Å². The normalized spacial score (nSPS) is 25.2. The van der Waals surface area contributed by atoms with Crippen LogP contribution in [0.4, 0.5) is 4.79 Å². The van der Waals surface area contributed by atoms with Gasteiger partial charge in [0.25, 0.3) is 5.91 Å². The average Bonchev–Trinajstić information content (AvgIpc) is 3.54. The molecule has 2 saturated heterocycles. The zero-order valence-corrected chi connectivity index (χ0v) is 17.1. The molecule has 2 heterocycles. The summed E-state index contributed by atoms with van der Waals surface area (Å²) in [5.74, 6) is -0.416. The summed E-state index contributed by atoms with van der Waals surface area (Å²) in [7, 11) is 0. The van der Waals surface area contributed by atoms with Gasteiger partial charge < -0.3 is 10.6 Å². The Labute approximate surface area is 171 Å². The van der Waals surface area contributed by atoms with Crippen LogP contribution in [0.3, 0.4) is 0 Å². The van der Waals surface area contributed by atoms with Crippen LogP contribution in [0, 0.1) is 5.92 Å². The molecule has 1 aromatic rings. The van der Waals surface area contributed by atoms with E-state index in [2.05, 4.69) is 21.6 Å². The molecule has 2 aliphatic heterocycles. The Hall–Kier alpha value is -2.41. The summed E-state index contributed by atoms with van der Waals surface area (Å²) >= 11 is 0. The lowest BCUT2D eigenvalue weighted by atomic mass is 9.96. The number of rotatable bonds is 7. The molecule has 1 unspecified atom stereocenters. The van der Waals surface area contributed by atoms with Crippen molar-refractivity contribution < 1.29 is 14.4 Å². The number of piperidine rings is 1. The largest absolute Gasteiger partial charge is 0.350 e. The molecule has 1 saturated carbocycles. The number of urea groups is 1. The van der Waals surface area contributed by atoms with Crippen LogP contribution in [0.5, 0.6) is 0 Å². The van der Waals surface area contributed by atoms with E-state index in [1.54, 1.807) is 6.92 Å². The first-order chi connectivity index (χ1) is 14.0. The lowest BCUT2D eigenvalue weighted by Crippen LogP contribution is -2.47. The maximum atomic E-state index is 12.7. The van der Waals surface area contributed by atoms with E-state index in [9.17, 15) is 14.4 Å². The minimum absolute atomic E-state index is 0.189. The fourth-order valence-corrected chi connectivity index (χ4v) is 4.43. The predicted octanol–water partition coefficient (Wildman–Crippen LogP) is 2.01. The Balaban J connectivity index is 1.33. The van der Waals surface area contributed by atoms with Crippen LogP contribution in [0.1, 0.15) is 50.2 Å². The number of carbonyl (C=O) groups is 3. The molecule has 1 aliphatic carbocycles. The molecule has 1 atom stereocenters. The predicted molar refractivity (Wildman–Crippen MR) is 109 cm³/mol. The second kappa shape index (κ2) is 8.14. The van der Waals surface area contributed by atoms with Crippen LogP contribution in [0.15, 0.2) is 24.3 Å². The van der Waals surface area contributed by atoms with Gasteiger partial charge in [0.15, 0.2) is 0 Å². The van der Waals surface area contributed by atoms with Crippen LogP contribution >= 0.6 is 0 Å². The van der Waals surface area contributed by atoms with Crippen molar-refractivity contribution in [3.05, 3.63) is 35.4 Å². The topological polar surface area (TPSA) is 81.8 Å². The van der Waals surface area contributed by atoms with Gasteiger partial charge in [0, 0.05) is 13.1 Å². The molecule has 2 N–H and O–H groups in total. The van der Waals surface area contributed by atoms with Gasteiger partial charge in [0.05, 0.1) is 0 Å². The van der Waals surface area contributed by atoms with Crippen molar-refractivity contribution in [2.24, 2.45) is 5.92 Å². The average molecular weight is 399 g/mol. The van der Waals surface area contributed by atoms with E-state index >= 15 is 0 Å². The maximum Gasteiger partial charge on any atom is 0.325 e. The van der Waals surface area contributed by atoms with Crippen LogP contribution in [0.2, 0.25) is 0 Å². The van der Waals surface area contributed by atoms with Crippen LogP contribution in [0.25, 0.3) is 0 Å². The molecular formula is C22H30N4O3. The van der Waals surface area contributed by atoms with Gasteiger partial charge in [-0.3, -0.25) is 19.4 Å². The number of nitrogens with one attached hydrogen (secondary N) is 2. The summed E-state index contributed by atoms with van der Waals surface area (Å²) in [6.07, 6.45) is 5.67. The molecule has 3 fully saturated rings. The SMILES string of the molecule is CC1(C2CC2)NC(=O)N(CC(=O)NCc2ccccc2CN2CCCCC2)C1=O. The van der Waals surface area contributed by atoms with Crippen molar-refractivity contribution in [1.29, 1.82) is 0 Å². The molecule has 156 valence electrons. The third-order valence-electron chi connectivity index (χ3n) is 6.43. The number of hydrogen-bond acceptors (Lipinski definition) is 4. The number of likely N-dealkylation sites (tertiary alicyclic amines) is 1. The number of hydrogen-bond donors (Lipinski definition) is 2. The first-order valence-electron chi connectivity index (χ1n) is 10.7. The minimum Gasteiger partial charge on any atom is -0.350 e. The molecule has 4 rings (SSSR count). The number of benzene rings is 1. The zero-order chi connectivity index (χ0) is 20.4. The van der Waals surface area contributed by atoms with Gasteiger partial charge in [-0.2, -0.15) is 0 Å². The van der Waals surface area contributed by atoms with E-state index < -0.39 is 11.6 Å². The Bertz CT molecular complexity index is 801. The number of nitrogens with zero attached hydrogens (tertiary/aromatic N) is 2. The summed E-state index contributed by atoms with van der Waals surface area (Å²) in [6, 6.07) is 7.66. The summed E-state index contributed by atoms with van der Waals surface area (Å²) < 4.78 is 0. The summed E-state index contributed by atoms with van der Waals surface area (Å²) in [5, 5.41) is 5.66. The second-order valence-electron chi connectivity index (χ2n) is 8.68. The lowest BCUT2D eigenvalue weighted by molar-refractivity contribution is -0.135. The lowest BCUT2D eigenvalue weighted by Gasteiger charge is -2.27. The molecule has 1 aromatic carbocycles. The Kier molecular flexibility index (Phi) is 5.58. The Morgan fingerprint density at radius 3 is 2.52 bits per heavy atom. The van der Waals surface area contributed by atoms with Crippen molar-refractivity contribution in [1.82, 2.24) is 20.4 Å². The highest BCUT2D eigenvalue weighted by Crippen LogP contribution is 2.42. The van der Waals surface area contributed by atoms with E-state index in [-0.39, 0.29) is 24.3 Å². The van der Waals surface area contributed by atoms with Gasteiger partial charge in [0.1, 0.15) is 12.1 Å². The number of carbonyl (C=O) groups excluding carboxylic acids is 3. The van der Waals surface area contributed by atoms with Crippen molar-refractivity contribution in [2.45, 2.75) is 57.7 Å². The first-order valence-corrected chi connectivity index (χ1v) is 10.7. The van der Waals surface area contributed by atoms with Crippen LogP contribution in [-0.4, -0.2) is 52.8 Å². The van der Waals surface area contributed by atoms with Gasteiger partial charge in [0.2, 0.25) is 5.91 Å². The highest BCUT2D eigenvalue weighted by atomic mass is 16.2. The first kappa shape index (κ1) is 19.9. The van der Waals surface area contributed by atoms with Crippen LogP contribution in [-0.2, 0) is 22.7 Å². The molecule has 0 aromatic heterocycles. The van der Waals surface area contributed by atoms with E-state index in [1.807, 2.05) is 18.2 Å². The Morgan fingerprint density at radius 2 is 1.83 bits per heavy atom. The monoisotopic (exact) mass is 398 g/mol. The highest BCUT2D eigenvalue weighted by molar-refractivity contribution is 6.09. The highest BCUT2D eigenvalue weighted by Gasteiger charge is 2.56. The van der Waals surface area contributed by atoms with E-state index in [4.69, 9.17) is 0 Å². The van der Waals surface area contributed by atoms with E-state index in [0.717, 1.165) is 42.9 Å². The number of imide groups is 1. The van der Waals surface area contributed by atoms with Crippen molar-refractivity contribution in [3.63, 3.8) is 0 Å². The molecule has 7 heteroatoms. The molecule has 0 bridgehead atoms. The molecule has 3 aliphatic rings. The van der Waals surface area contributed by atoms with Crippen molar-refractivity contribution >= 4 is 17.8 Å². The minimum atomic E-state index is -0.849. The van der Waals surface area contributed by atoms with Gasteiger partial charge in [-0.1, -0.05) is 30.7 Å². The standard InChI is InChI=1S/C22H30N4O3/c1-22(18-9-10-18)20(28)26(21(29)24-22)15-19(27)23-13-16-7-3-4-8-17(16)14-25-11-5-2-6-12-25/h3-4,7-8,18H,2,5-6,9-15H2,1H3,(H,23,27)(H,24,29). The summed E-state index contributed by atoms with van der Waals surface area (Å²) in [4.78, 5) is 40.9. The van der Waals surface area contributed by atoms with Crippen molar-refractivity contribution in [3.8, 4) is 0 Å². The van der Waals surface area contributed by atoms with Gasteiger partial charge >= 0.3 is 6.03 Å². The molecule has 0 spiro atoms. The third-order valence-corrected chi connectivity index (χ3v) is 6.43. The molecule has 7 nitrogen and oxygen atoms in total. The maximum absolute atomic E-state index is 12.7. The zero-order valence-electron chi connectivity index (χ0n) is 17.1. The summed E-state index contributed by atoms with van der Waals surface area (Å²) in [5.41, 5.74) is 1.44. The quantitative estimate of drug-likeness (QED) is 0.689. The van der Waals surface area contributed by atoms with Gasteiger partial charge in [-0.05, 0) is 62.7 Å². The third kappa shape index (κ3) is 4.29. The fraction of sp³-hybridized carbons (Fsp3) is 0.591. The molecule has 29 heavy (non-hydrogen) atoms. The molecule has 4 amide bonds. The van der Waals surface area contributed by atoms with Gasteiger partial charge in [-0.25, -0.2) is 4.79 Å². The summed E-state index contributed by atoms with van der Waals surface area (Å²) in [6.45, 7) is 5.05. The Morgan fingerprint density at radius 1 is 1.14 bits per heavy atom. The van der Waals surface area contributed by atoms with Crippen LogP contribution < -0.4 is 10.6 Å². The molecular weight excluding hydrogens is 368 g/mol.